The normalized spacial score (nSPS) is 27.5. The second kappa shape index (κ2) is 6.43. The van der Waals surface area contributed by atoms with E-state index in [0.717, 1.165) is 17.4 Å². The van der Waals surface area contributed by atoms with Crippen LogP contribution in [0.5, 0.6) is 0 Å². The second-order valence-electron chi connectivity index (χ2n) is 6.38. The number of carbonyl (C=O) groups excluding carboxylic acids is 1. The average Bonchev–Trinajstić information content (AvgIpc) is 2.71. The summed E-state index contributed by atoms with van der Waals surface area (Å²) in [6.07, 6.45) is 1.75. The van der Waals surface area contributed by atoms with Crippen molar-refractivity contribution < 1.29 is 18.9 Å². The number of nitro groups is 1. The van der Waals surface area contributed by atoms with Gasteiger partial charge >= 0.3 is 0 Å². The summed E-state index contributed by atoms with van der Waals surface area (Å²) in [5.41, 5.74) is 0. The number of hydrogen-bond acceptors (Lipinski definition) is 4. The summed E-state index contributed by atoms with van der Waals surface area (Å²) < 4.78 is 5.96. The molecule has 0 spiro atoms. The molecule has 0 saturated heterocycles. The third kappa shape index (κ3) is 4.87. The molecular weight excluding hydrogens is 248 g/mol. The first kappa shape index (κ1) is 16.0. The molecule has 1 aliphatic rings. The molecule has 0 amide bonds. The van der Waals surface area contributed by atoms with Crippen LogP contribution in [0.3, 0.4) is 0 Å². The van der Waals surface area contributed by atoms with Crippen molar-refractivity contribution in [1.82, 2.24) is 0 Å². The number of nitrogens with zero attached hydrogens (tertiary/aromatic N) is 2. The van der Waals surface area contributed by atoms with Gasteiger partial charge in [0.15, 0.2) is 0 Å². The van der Waals surface area contributed by atoms with Crippen LogP contribution in [0.25, 0.3) is 0 Å². The summed E-state index contributed by atoms with van der Waals surface area (Å²) in [7, 11) is 7.74. The van der Waals surface area contributed by atoms with Crippen LogP contribution in [-0.4, -0.2) is 62.1 Å². The number of methoxy groups -OCH3 is 1. The van der Waals surface area contributed by atoms with Gasteiger partial charge in [-0.15, -0.1) is 0 Å². The maximum absolute atomic E-state index is 12.1. The van der Waals surface area contributed by atoms with Crippen LogP contribution in [-0.2, 0) is 9.53 Å². The van der Waals surface area contributed by atoms with E-state index in [1.165, 1.54) is 7.11 Å². The molecule has 0 unspecified atom stereocenters. The standard InChI is InChI=1S/C13H25N2O4/c1-15(2,3)7-5-6-12(16)10-8-11(14(17)18)13(9-10)19-4/h10-11,13H,5-9H2,1-4H3/q+1/t10-,11-,13-/m0/s1. The van der Waals surface area contributed by atoms with Gasteiger partial charge in [0.2, 0.25) is 6.04 Å². The molecule has 0 aromatic rings. The molecule has 0 radical (unpaired) electrons. The van der Waals surface area contributed by atoms with Gasteiger partial charge < -0.3 is 9.22 Å². The van der Waals surface area contributed by atoms with Gasteiger partial charge in [-0.3, -0.25) is 14.9 Å². The number of ether oxygens (including phenoxy) is 1. The first-order chi connectivity index (χ1) is 8.74. The van der Waals surface area contributed by atoms with Crippen LogP contribution < -0.4 is 0 Å². The predicted octanol–water partition coefficient (Wildman–Crippen LogP) is 1.11. The van der Waals surface area contributed by atoms with E-state index >= 15 is 0 Å². The Kier molecular flexibility index (Phi) is 5.43. The van der Waals surface area contributed by atoms with Crippen molar-refractivity contribution in [3.8, 4) is 0 Å². The van der Waals surface area contributed by atoms with E-state index < -0.39 is 12.1 Å². The van der Waals surface area contributed by atoms with Crippen LogP contribution >= 0.6 is 0 Å². The molecule has 3 atom stereocenters. The van der Waals surface area contributed by atoms with E-state index in [-0.39, 0.29) is 16.6 Å². The Labute approximate surface area is 114 Å². The number of hydrogen-bond donors (Lipinski definition) is 0. The summed E-state index contributed by atoms with van der Waals surface area (Å²) in [5, 5.41) is 10.9. The van der Waals surface area contributed by atoms with E-state index in [2.05, 4.69) is 21.1 Å². The van der Waals surface area contributed by atoms with Gasteiger partial charge in [-0.2, -0.15) is 0 Å². The van der Waals surface area contributed by atoms with E-state index in [1.807, 2.05) is 0 Å². The summed E-state index contributed by atoms with van der Waals surface area (Å²) in [6, 6.07) is -0.725. The lowest BCUT2D eigenvalue weighted by Crippen LogP contribution is -2.35. The maximum Gasteiger partial charge on any atom is 0.239 e. The van der Waals surface area contributed by atoms with Gasteiger partial charge in [-0.05, 0) is 6.42 Å². The highest BCUT2D eigenvalue weighted by Crippen LogP contribution is 2.31. The van der Waals surface area contributed by atoms with Gasteiger partial charge in [-0.1, -0.05) is 0 Å². The van der Waals surface area contributed by atoms with Gasteiger partial charge in [-0.25, -0.2) is 0 Å². The first-order valence-electron chi connectivity index (χ1n) is 6.74. The SMILES string of the molecule is CO[C@H]1C[C@@H](C(=O)CCC[N+](C)(C)C)C[C@@H]1[N+](=O)[O-]. The first-order valence-corrected chi connectivity index (χ1v) is 6.74. The van der Waals surface area contributed by atoms with Crippen molar-refractivity contribution >= 4 is 5.78 Å². The predicted molar refractivity (Wildman–Crippen MR) is 71.4 cm³/mol. The fraction of sp³-hybridized carbons (Fsp3) is 0.923. The quantitative estimate of drug-likeness (QED) is 0.396. The summed E-state index contributed by atoms with van der Waals surface area (Å²) in [4.78, 5) is 22.7. The lowest BCUT2D eigenvalue weighted by atomic mass is 9.98. The lowest BCUT2D eigenvalue weighted by Gasteiger charge is -2.23. The number of Topliss-reactive ketones (excluding diaryl/α,β-unsaturated/α-hetero) is 1. The molecule has 19 heavy (non-hydrogen) atoms. The molecule has 0 N–H and O–H groups in total. The fourth-order valence-corrected chi connectivity index (χ4v) is 2.65. The Morgan fingerprint density at radius 3 is 2.42 bits per heavy atom. The third-order valence-electron chi connectivity index (χ3n) is 3.75. The molecule has 1 aliphatic carbocycles. The molecule has 0 bridgehead atoms. The van der Waals surface area contributed by atoms with Crippen molar-refractivity contribution in [3.05, 3.63) is 10.1 Å². The van der Waals surface area contributed by atoms with Gasteiger partial charge in [0.1, 0.15) is 11.9 Å². The molecule has 0 aromatic carbocycles. The molecule has 0 aromatic heterocycles. The Bertz CT molecular complexity index is 338. The van der Waals surface area contributed by atoms with Crippen LogP contribution in [0.4, 0.5) is 0 Å². The topological polar surface area (TPSA) is 69.4 Å². The summed E-state index contributed by atoms with van der Waals surface area (Å²) in [6.45, 7) is 0.935. The zero-order valence-corrected chi connectivity index (χ0v) is 12.3. The molecular formula is C13H25N2O4+. The Hall–Kier alpha value is -1.01. The van der Waals surface area contributed by atoms with E-state index in [0.29, 0.717) is 19.3 Å². The molecule has 6 heteroatoms. The van der Waals surface area contributed by atoms with Gasteiger partial charge in [0, 0.05) is 37.2 Å². The Morgan fingerprint density at radius 1 is 1.37 bits per heavy atom. The minimum Gasteiger partial charge on any atom is -0.374 e. The number of quaternary nitrogens is 1. The fourth-order valence-electron chi connectivity index (χ4n) is 2.65. The molecule has 6 nitrogen and oxygen atoms in total. The summed E-state index contributed by atoms with van der Waals surface area (Å²) >= 11 is 0. The maximum atomic E-state index is 12.1. The van der Waals surface area contributed by atoms with Crippen LogP contribution in [0, 0.1) is 16.0 Å². The van der Waals surface area contributed by atoms with Crippen molar-refractivity contribution in [3.63, 3.8) is 0 Å². The minimum atomic E-state index is -0.725. The van der Waals surface area contributed by atoms with Gasteiger partial charge in [0.25, 0.3) is 0 Å². The van der Waals surface area contributed by atoms with Crippen LogP contribution in [0.15, 0.2) is 0 Å². The van der Waals surface area contributed by atoms with E-state index in [9.17, 15) is 14.9 Å². The number of ketones is 1. The Morgan fingerprint density at radius 2 is 2.00 bits per heavy atom. The number of carbonyl (C=O) groups is 1. The Balaban J connectivity index is 2.44. The highest BCUT2D eigenvalue weighted by Gasteiger charge is 2.44. The lowest BCUT2D eigenvalue weighted by molar-refractivity contribution is -0.870. The third-order valence-corrected chi connectivity index (χ3v) is 3.75. The summed E-state index contributed by atoms with van der Waals surface area (Å²) in [5.74, 6) is -0.0485. The zero-order valence-electron chi connectivity index (χ0n) is 12.3. The molecule has 1 fully saturated rings. The molecule has 1 saturated carbocycles. The second-order valence-corrected chi connectivity index (χ2v) is 6.38. The molecule has 1 rings (SSSR count). The molecule has 0 aliphatic heterocycles. The number of rotatable bonds is 7. The average molecular weight is 273 g/mol. The highest BCUT2D eigenvalue weighted by molar-refractivity contribution is 5.81. The smallest absolute Gasteiger partial charge is 0.239 e. The van der Waals surface area contributed by atoms with Crippen LogP contribution in [0.1, 0.15) is 25.7 Å². The molecule has 0 heterocycles. The largest absolute Gasteiger partial charge is 0.374 e. The monoisotopic (exact) mass is 273 g/mol. The van der Waals surface area contributed by atoms with Gasteiger partial charge in [0.05, 0.1) is 27.7 Å². The van der Waals surface area contributed by atoms with Crippen molar-refractivity contribution in [2.75, 3.05) is 34.8 Å². The van der Waals surface area contributed by atoms with E-state index in [1.54, 1.807) is 0 Å². The van der Waals surface area contributed by atoms with E-state index in [4.69, 9.17) is 4.74 Å². The molecule has 110 valence electrons. The van der Waals surface area contributed by atoms with Crippen molar-refractivity contribution in [2.45, 2.75) is 37.8 Å². The highest BCUT2D eigenvalue weighted by atomic mass is 16.6. The van der Waals surface area contributed by atoms with Crippen molar-refractivity contribution in [1.29, 1.82) is 0 Å². The minimum absolute atomic E-state index is 0.153. The zero-order chi connectivity index (χ0) is 14.6. The van der Waals surface area contributed by atoms with Crippen molar-refractivity contribution in [2.24, 2.45) is 5.92 Å². The van der Waals surface area contributed by atoms with Crippen LogP contribution in [0.2, 0.25) is 0 Å².